The van der Waals surface area contributed by atoms with Crippen LogP contribution in [0.25, 0.3) is 0 Å². The van der Waals surface area contributed by atoms with Gasteiger partial charge in [0, 0.05) is 6.54 Å². The molecule has 2 rings (SSSR count). The average Bonchev–Trinajstić information content (AvgIpc) is 3.10. The molecule has 1 aliphatic carbocycles. The molecule has 1 saturated carbocycles. The van der Waals surface area contributed by atoms with Crippen molar-refractivity contribution in [1.29, 1.82) is 0 Å². The first-order chi connectivity index (χ1) is 9.27. The maximum absolute atomic E-state index is 13.8. The molecule has 0 saturated heterocycles. The predicted molar refractivity (Wildman–Crippen MR) is 64.0 cm³/mol. The van der Waals surface area contributed by atoms with Gasteiger partial charge in [0.2, 0.25) is 0 Å². The molecule has 0 aliphatic heterocycles. The number of carbonyl (C=O) groups is 1. The van der Waals surface area contributed by atoms with Gasteiger partial charge in [0.05, 0.1) is 11.3 Å². The number of benzene rings is 1. The highest BCUT2D eigenvalue weighted by molar-refractivity contribution is 5.74. The van der Waals surface area contributed by atoms with E-state index in [2.05, 4.69) is 0 Å². The van der Waals surface area contributed by atoms with Crippen molar-refractivity contribution in [2.75, 3.05) is 18.0 Å². The summed E-state index contributed by atoms with van der Waals surface area (Å²) >= 11 is 0. The fraction of sp³-hybridized carbons (Fsp3) is 0.462. The third-order valence-corrected chi connectivity index (χ3v) is 3.12. The normalized spacial score (nSPS) is 15.2. The second kappa shape index (κ2) is 5.30. The fourth-order valence-corrected chi connectivity index (χ4v) is 1.96. The van der Waals surface area contributed by atoms with Gasteiger partial charge in [0.1, 0.15) is 12.4 Å². The molecule has 0 atom stereocenters. The van der Waals surface area contributed by atoms with Gasteiger partial charge in [-0.2, -0.15) is 13.2 Å². The van der Waals surface area contributed by atoms with E-state index >= 15 is 0 Å². The highest BCUT2D eigenvalue weighted by Crippen LogP contribution is 2.35. The van der Waals surface area contributed by atoms with Crippen LogP contribution in [-0.2, 0) is 11.0 Å². The molecule has 3 nitrogen and oxygen atoms in total. The highest BCUT2D eigenvalue weighted by Gasteiger charge is 2.32. The predicted octanol–water partition coefficient (Wildman–Crippen LogP) is 3.15. The van der Waals surface area contributed by atoms with Crippen LogP contribution in [0.4, 0.5) is 23.2 Å². The van der Waals surface area contributed by atoms with Crippen molar-refractivity contribution in [2.45, 2.75) is 19.0 Å². The summed E-state index contributed by atoms with van der Waals surface area (Å²) < 4.78 is 51.2. The molecular formula is C13H13F4NO2. The van der Waals surface area contributed by atoms with Crippen LogP contribution in [0.15, 0.2) is 18.2 Å². The van der Waals surface area contributed by atoms with Gasteiger partial charge in [-0.3, -0.25) is 4.79 Å². The van der Waals surface area contributed by atoms with Crippen molar-refractivity contribution < 1.29 is 27.5 Å². The number of halogens is 4. The van der Waals surface area contributed by atoms with Gasteiger partial charge >= 0.3 is 12.1 Å². The lowest BCUT2D eigenvalue weighted by molar-refractivity contribution is -0.138. The van der Waals surface area contributed by atoms with Crippen LogP contribution in [0.1, 0.15) is 18.4 Å². The Balaban J connectivity index is 2.25. The van der Waals surface area contributed by atoms with Crippen LogP contribution in [-0.4, -0.2) is 24.2 Å². The number of anilines is 1. The Morgan fingerprint density at radius 3 is 2.45 bits per heavy atom. The Morgan fingerprint density at radius 2 is 2.00 bits per heavy atom. The number of carboxylic acids is 1. The maximum atomic E-state index is 13.8. The van der Waals surface area contributed by atoms with Gasteiger partial charge in [-0.05, 0) is 37.0 Å². The summed E-state index contributed by atoms with van der Waals surface area (Å²) in [4.78, 5) is 12.1. The van der Waals surface area contributed by atoms with Gasteiger partial charge in [0.15, 0.2) is 0 Å². The molecule has 20 heavy (non-hydrogen) atoms. The van der Waals surface area contributed by atoms with Crippen LogP contribution in [0.3, 0.4) is 0 Å². The largest absolute Gasteiger partial charge is 0.480 e. The third-order valence-electron chi connectivity index (χ3n) is 3.12. The molecule has 0 amide bonds. The summed E-state index contributed by atoms with van der Waals surface area (Å²) in [5.41, 5.74) is -1.19. The molecule has 1 fully saturated rings. The number of hydrogen-bond acceptors (Lipinski definition) is 2. The third kappa shape index (κ3) is 3.61. The number of hydrogen-bond donors (Lipinski definition) is 1. The summed E-state index contributed by atoms with van der Waals surface area (Å²) in [5, 5.41) is 8.81. The number of alkyl halides is 3. The van der Waals surface area contributed by atoms with E-state index in [4.69, 9.17) is 5.11 Å². The minimum absolute atomic E-state index is 0.104. The van der Waals surface area contributed by atoms with Crippen LogP contribution < -0.4 is 4.90 Å². The van der Waals surface area contributed by atoms with Crippen LogP contribution in [0, 0.1) is 11.7 Å². The zero-order valence-electron chi connectivity index (χ0n) is 10.5. The summed E-state index contributed by atoms with van der Waals surface area (Å²) in [6, 6.07) is 2.15. The van der Waals surface area contributed by atoms with Crippen LogP contribution in [0.5, 0.6) is 0 Å². The molecule has 0 radical (unpaired) electrons. The molecule has 0 heterocycles. The van der Waals surface area contributed by atoms with Crippen molar-refractivity contribution >= 4 is 11.7 Å². The number of nitrogens with zero attached hydrogens (tertiary/aromatic N) is 1. The smallest absolute Gasteiger partial charge is 0.416 e. The van der Waals surface area contributed by atoms with E-state index in [1.54, 1.807) is 0 Å². The van der Waals surface area contributed by atoms with E-state index in [-0.39, 0.29) is 11.6 Å². The van der Waals surface area contributed by atoms with Gasteiger partial charge < -0.3 is 10.0 Å². The molecule has 0 unspecified atom stereocenters. The molecule has 1 N–H and O–H groups in total. The Morgan fingerprint density at radius 1 is 1.35 bits per heavy atom. The fourth-order valence-electron chi connectivity index (χ4n) is 1.96. The van der Waals surface area contributed by atoms with E-state index in [1.807, 2.05) is 0 Å². The minimum Gasteiger partial charge on any atom is -0.480 e. The SMILES string of the molecule is O=C(O)CN(CC1CC1)c1ccc(C(F)(F)F)cc1F. The molecule has 1 aromatic rings. The molecule has 1 aliphatic rings. The zero-order valence-corrected chi connectivity index (χ0v) is 10.5. The van der Waals surface area contributed by atoms with Crippen LogP contribution >= 0.6 is 0 Å². The van der Waals surface area contributed by atoms with E-state index in [0.29, 0.717) is 12.6 Å². The van der Waals surface area contributed by atoms with E-state index in [1.165, 1.54) is 4.90 Å². The quantitative estimate of drug-likeness (QED) is 0.847. The standard InChI is InChI=1S/C13H13F4NO2/c14-10-5-9(13(15,16)17)3-4-11(10)18(7-12(19)20)6-8-1-2-8/h3-5,8H,1-2,6-7H2,(H,19,20). The minimum atomic E-state index is -4.62. The summed E-state index contributed by atoms with van der Waals surface area (Å²) in [6.45, 7) is -0.0899. The lowest BCUT2D eigenvalue weighted by Gasteiger charge is -2.23. The molecule has 110 valence electrons. The Hall–Kier alpha value is -1.79. The van der Waals surface area contributed by atoms with E-state index in [0.717, 1.165) is 25.0 Å². The summed E-state index contributed by atoms with van der Waals surface area (Å²) in [7, 11) is 0. The number of aliphatic carboxylic acids is 1. The van der Waals surface area contributed by atoms with Gasteiger partial charge in [-0.25, -0.2) is 4.39 Å². The maximum Gasteiger partial charge on any atom is 0.416 e. The first kappa shape index (κ1) is 14.6. The monoisotopic (exact) mass is 291 g/mol. The molecule has 7 heteroatoms. The van der Waals surface area contributed by atoms with Crippen molar-refractivity contribution in [1.82, 2.24) is 0 Å². The second-order valence-electron chi connectivity index (χ2n) is 4.88. The summed E-state index contributed by atoms with van der Waals surface area (Å²) in [6.07, 6.45) is -2.76. The molecular weight excluding hydrogens is 278 g/mol. The lowest BCUT2D eigenvalue weighted by atomic mass is 10.1. The molecule has 0 aromatic heterocycles. The Kier molecular flexibility index (Phi) is 3.87. The summed E-state index contributed by atoms with van der Waals surface area (Å²) in [5.74, 6) is -1.91. The van der Waals surface area contributed by atoms with Gasteiger partial charge in [-0.1, -0.05) is 0 Å². The van der Waals surface area contributed by atoms with Crippen molar-refractivity contribution in [2.24, 2.45) is 5.92 Å². The van der Waals surface area contributed by atoms with Crippen molar-refractivity contribution in [3.8, 4) is 0 Å². The van der Waals surface area contributed by atoms with Crippen molar-refractivity contribution in [3.05, 3.63) is 29.6 Å². The molecule has 0 bridgehead atoms. The van der Waals surface area contributed by atoms with Crippen LogP contribution in [0.2, 0.25) is 0 Å². The Bertz CT molecular complexity index is 512. The first-order valence-electron chi connectivity index (χ1n) is 6.11. The number of rotatable bonds is 5. The second-order valence-corrected chi connectivity index (χ2v) is 4.88. The lowest BCUT2D eigenvalue weighted by Crippen LogP contribution is -2.32. The van der Waals surface area contributed by atoms with Gasteiger partial charge in [0.25, 0.3) is 0 Å². The molecule has 0 spiro atoms. The highest BCUT2D eigenvalue weighted by atomic mass is 19.4. The molecule has 1 aromatic carbocycles. The van der Waals surface area contributed by atoms with Gasteiger partial charge in [-0.15, -0.1) is 0 Å². The average molecular weight is 291 g/mol. The zero-order chi connectivity index (χ0) is 14.9. The van der Waals surface area contributed by atoms with Crippen molar-refractivity contribution in [3.63, 3.8) is 0 Å². The van der Waals surface area contributed by atoms with E-state index < -0.39 is 30.1 Å². The topological polar surface area (TPSA) is 40.5 Å². The Labute approximate surface area is 112 Å². The number of carboxylic acid groups (broad SMARTS) is 1. The first-order valence-corrected chi connectivity index (χ1v) is 6.11. The van der Waals surface area contributed by atoms with E-state index in [9.17, 15) is 22.4 Å².